The maximum Gasteiger partial charge on any atom is 0.271 e. The first-order valence-corrected chi connectivity index (χ1v) is 6.72. The van der Waals surface area contributed by atoms with E-state index in [9.17, 15) is 4.79 Å². The summed E-state index contributed by atoms with van der Waals surface area (Å²) in [6, 6.07) is 14.1. The van der Waals surface area contributed by atoms with Crippen LogP contribution in [0, 0.1) is 0 Å². The standard InChI is InChI=1S/C16H15ClN2O2/c1-11(12-5-9-15(21-2)10-6-12)18-19-16(20)13-3-7-14(17)8-4-13/h3-10H,1-2H3,(H,19,20). The highest BCUT2D eigenvalue weighted by Crippen LogP contribution is 2.12. The summed E-state index contributed by atoms with van der Waals surface area (Å²) in [6.45, 7) is 1.82. The second kappa shape index (κ2) is 6.90. The molecule has 0 saturated carbocycles. The Morgan fingerprint density at radius 3 is 2.19 bits per heavy atom. The van der Waals surface area contributed by atoms with Crippen molar-refractivity contribution in [1.29, 1.82) is 0 Å². The summed E-state index contributed by atoms with van der Waals surface area (Å²) < 4.78 is 5.09. The van der Waals surface area contributed by atoms with Gasteiger partial charge in [0.1, 0.15) is 5.75 Å². The molecule has 0 bridgehead atoms. The van der Waals surface area contributed by atoms with Gasteiger partial charge in [0, 0.05) is 10.6 Å². The molecule has 0 aliphatic carbocycles. The zero-order valence-electron chi connectivity index (χ0n) is 11.8. The molecule has 5 heteroatoms. The lowest BCUT2D eigenvalue weighted by atomic mass is 10.1. The number of ether oxygens (including phenoxy) is 1. The quantitative estimate of drug-likeness (QED) is 0.694. The smallest absolute Gasteiger partial charge is 0.271 e. The maximum absolute atomic E-state index is 11.9. The van der Waals surface area contributed by atoms with E-state index in [-0.39, 0.29) is 5.91 Å². The van der Waals surface area contributed by atoms with Crippen molar-refractivity contribution in [2.45, 2.75) is 6.92 Å². The summed E-state index contributed by atoms with van der Waals surface area (Å²) in [5.74, 6) is 0.497. The summed E-state index contributed by atoms with van der Waals surface area (Å²) in [4.78, 5) is 11.9. The van der Waals surface area contributed by atoms with Gasteiger partial charge in [-0.2, -0.15) is 5.10 Å². The van der Waals surface area contributed by atoms with Crippen LogP contribution in [0.1, 0.15) is 22.8 Å². The van der Waals surface area contributed by atoms with Gasteiger partial charge in [0.2, 0.25) is 0 Å². The number of hydrogen-bond donors (Lipinski definition) is 1. The number of methoxy groups -OCH3 is 1. The van der Waals surface area contributed by atoms with Gasteiger partial charge in [0.05, 0.1) is 12.8 Å². The fourth-order valence-electron chi connectivity index (χ4n) is 1.70. The van der Waals surface area contributed by atoms with Crippen LogP contribution >= 0.6 is 11.6 Å². The number of carbonyl (C=O) groups is 1. The van der Waals surface area contributed by atoms with Gasteiger partial charge in [-0.05, 0) is 61.0 Å². The molecular formula is C16H15ClN2O2. The fraction of sp³-hybridized carbons (Fsp3) is 0.125. The molecule has 2 rings (SSSR count). The van der Waals surface area contributed by atoms with Crippen molar-refractivity contribution in [2.75, 3.05) is 7.11 Å². The van der Waals surface area contributed by atoms with Crippen LogP contribution in [0.25, 0.3) is 0 Å². The molecule has 0 aliphatic rings. The van der Waals surface area contributed by atoms with Gasteiger partial charge in [-0.3, -0.25) is 4.79 Å². The second-order valence-corrected chi connectivity index (χ2v) is 4.81. The molecule has 0 aliphatic heterocycles. The van der Waals surface area contributed by atoms with Gasteiger partial charge in [0.15, 0.2) is 0 Å². The van der Waals surface area contributed by atoms with E-state index in [1.165, 1.54) is 0 Å². The number of nitrogens with zero attached hydrogens (tertiary/aromatic N) is 1. The first-order chi connectivity index (χ1) is 10.1. The molecule has 108 valence electrons. The highest BCUT2D eigenvalue weighted by atomic mass is 35.5. The number of carbonyl (C=O) groups excluding carboxylic acids is 1. The molecule has 2 aromatic carbocycles. The Balaban J connectivity index is 2.05. The highest BCUT2D eigenvalue weighted by molar-refractivity contribution is 6.30. The lowest BCUT2D eigenvalue weighted by Gasteiger charge is -2.04. The monoisotopic (exact) mass is 302 g/mol. The predicted octanol–water partition coefficient (Wildman–Crippen LogP) is 3.50. The van der Waals surface area contributed by atoms with Crippen LogP contribution in [-0.4, -0.2) is 18.7 Å². The minimum atomic E-state index is -0.278. The van der Waals surface area contributed by atoms with E-state index < -0.39 is 0 Å². The first kappa shape index (κ1) is 15.1. The molecule has 2 aromatic rings. The number of hydrazone groups is 1. The minimum absolute atomic E-state index is 0.278. The molecule has 0 fully saturated rings. The van der Waals surface area contributed by atoms with E-state index in [2.05, 4.69) is 10.5 Å². The molecule has 0 heterocycles. The van der Waals surface area contributed by atoms with E-state index in [0.717, 1.165) is 11.3 Å². The van der Waals surface area contributed by atoms with Gasteiger partial charge < -0.3 is 4.74 Å². The number of hydrogen-bond acceptors (Lipinski definition) is 3. The minimum Gasteiger partial charge on any atom is -0.497 e. The van der Waals surface area contributed by atoms with E-state index in [1.807, 2.05) is 31.2 Å². The van der Waals surface area contributed by atoms with Crippen molar-refractivity contribution in [3.8, 4) is 5.75 Å². The molecule has 0 radical (unpaired) electrons. The molecule has 0 unspecified atom stereocenters. The Bertz CT molecular complexity index is 649. The number of nitrogens with one attached hydrogen (secondary N) is 1. The van der Waals surface area contributed by atoms with Crippen molar-refractivity contribution in [1.82, 2.24) is 5.43 Å². The van der Waals surface area contributed by atoms with Crippen LogP contribution in [0.15, 0.2) is 53.6 Å². The number of amides is 1. The Morgan fingerprint density at radius 1 is 1.05 bits per heavy atom. The van der Waals surface area contributed by atoms with Gasteiger partial charge >= 0.3 is 0 Å². The van der Waals surface area contributed by atoms with Crippen molar-refractivity contribution < 1.29 is 9.53 Å². The van der Waals surface area contributed by atoms with E-state index >= 15 is 0 Å². The van der Waals surface area contributed by atoms with Gasteiger partial charge in [0.25, 0.3) is 5.91 Å². The van der Waals surface area contributed by atoms with Crippen molar-refractivity contribution >= 4 is 23.2 Å². The third kappa shape index (κ3) is 4.07. The van der Waals surface area contributed by atoms with Crippen LogP contribution in [-0.2, 0) is 0 Å². The van der Waals surface area contributed by atoms with E-state index in [0.29, 0.717) is 16.3 Å². The Hall–Kier alpha value is -2.33. The molecule has 1 N–H and O–H groups in total. The Labute approximate surface area is 128 Å². The average molecular weight is 303 g/mol. The largest absolute Gasteiger partial charge is 0.497 e. The summed E-state index contributed by atoms with van der Waals surface area (Å²) in [5.41, 5.74) is 4.64. The summed E-state index contributed by atoms with van der Waals surface area (Å²) in [5, 5.41) is 4.68. The van der Waals surface area contributed by atoms with E-state index in [4.69, 9.17) is 16.3 Å². The van der Waals surface area contributed by atoms with Crippen molar-refractivity contribution in [3.63, 3.8) is 0 Å². The van der Waals surface area contributed by atoms with Gasteiger partial charge in [-0.25, -0.2) is 5.43 Å². The van der Waals surface area contributed by atoms with E-state index in [1.54, 1.807) is 31.4 Å². The molecule has 4 nitrogen and oxygen atoms in total. The zero-order valence-corrected chi connectivity index (χ0v) is 12.5. The van der Waals surface area contributed by atoms with Gasteiger partial charge in [-0.1, -0.05) is 11.6 Å². The molecular weight excluding hydrogens is 288 g/mol. The third-order valence-corrected chi connectivity index (χ3v) is 3.19. The van der Waals surface area contributed by atoms with Crippen molar-refractivity contribution in [3.05, 3.63) is 64.7 Å². The third-order valence-electron chi connectivity index (χ3n) is 2.94. The first-order valence-electron chi connectivity index (χ1n) is 6.35. The number of benzene rings is 2. The van der Waals surface area contributed by atoms with Crippen LogP contribution < -0.4 is 10.2 Å². The maximum atomic E-state index is 11.9. The normalized spacial score (nSPS) is 11.1. The fourth-order valence-corrected chi connectivity index (χ4v) is 1.82. The molecule has 1 amide bonds. The average Bonchev–Trinajstić information content (AvgIpc) is 2.53. The molecule has 21 heavy (non-hydrogen) atoms. The lowest BCUT2D eigenvalue weighted by Crippen LogP contribution is -2.19. The number of rotatable bonds is 4. The van der Waals surface area contributed by atoms with Crippen LogP contribution in [0.3, 0.4) is 0 Å². The predicted molar refractivity (Wildman–Crippen MR) is 84.1 cm³/mol. The number of halogens is 1. The SMILES string of the molecule is COc1ccc(C(C)=NNC(=O)c2ccc(Cl)cc2)cc1. The highest BCUT2D eigenvalue weighted by Gasteiger charge is 2.04. The molecule has 0 spiro atoms. The van der Waals surface area contributed by atoms with Crippen LogP contribution in [0.4, 0.5) is 0 Å². The molecule has 0 saturated heterocycles. The topological polar surface area (TPSA) is 50.7 Å². The Kier molecular flexibility index (Phi) is 4.95. The summed E-state index contributed by atoms with van der Waals surface area (Å²) in [7, 11) is 1.61. The Morgan fingerprint density at radius 2 is 1.62 bits per heavy atom. The zero-order chi connectivity index (χ0) is 15.2. The summed E-state index contributed by atoms with van der Waals surface area (Å²) >= 11 is 5.78. The second-order valence-electron chi connectivity index (χ2n) is 4.37. The van der Waals surface area contributed by atoms with Crippen molar-refractivity contribution in [2.24, 2.45) is 5.10 Å². The van der Waals surface area contributed by atoms with Crippen LogP contribution in [0.5, 0.6) is 5.75 Å². The molecule has 0 aromatic heterocycles. The summed E-state index contributed by atoms with van der Waals surface area (Å²) in [6.07, 6.45) is 0. The van der Waals surface area contributed by atoms with Gasteiger partial charge in [-0.15, -0.1) is 0 Å². The lowest BCUT2D eigenvalue weighted by molar-refractivity contribution is 0.0955. The molecule has 0 atom stereocenters. The van der Waals surface area contributed by atoms with Crippen LogP contribution in [0.2, 0.25) is 5.02 Å².